The van der Waals surface area contributed by atoms with Crippen LogP contribution in [0.25, 0.3) is 0 Å². The molecule has 0 aromatic rings. The van der Waals surface area contributed by atoms with Gasteiger partial charge in [0.15, 0.2) is 0 Å². The Kier molecular flexibility index (Phi) is 72.5. The molecular weight excluding hydrogens is 1060 g/mol. The highest BCUT2D eigenvalue weighted by molar-refractivity contribution is 8.77. The molecule has 0 N–H and O–H groups in total. The maximum absolute atomic E-state index is 2.82. The Balaban J connectivity index is 4.69. The highest BCUT2D eigenvalue weighted by Gasteiger charge is 2.10. The largest absolute Gasteiger partial charge is 0.306 e. The highest BCUT2D eigenvalue weighted by Crippen LogP contribution is 2.27. The maximum atomic E-state index is 2.82. The third kappa shape index (κ3) is 65.5. The quantitative estimate of drug-likeness (QED) is 0.0426. The standard InChI is InChI=1S/C63H131N3S8/c1-6-10-14-18-22-26-30-34-38-42-56-67-71-60-52-65(53-61-72-68-57-43-39-35-31-27-23-19-15-11-7-2)50-46-48-64(5)49-47-51-66(54-62-73-69-58-44-40-36-32-28-24-20-16-12-8-3)55-63-74-70-59-45-41-37-33-29-25-21-17-13-9-4/h6-63H2,1-5H3. The molecule has 446 valence electrons. The molecule has 0 fully saturated rings. The van der Waals surface area contributed by atoms with Crippen molar-refractivity contribution in [2.45, 2.75) is 297 Å². The molecule has 0 aliphatic heterocycles. The molecule has 74 heavy (non-hydrogen) atoms. The molecule has 0 amide bonds. The first kappa shape index (κ1) is 76.7. The summed E-state index contributed by atoms with van der Waals surface area (Å²) in [6, 6.07) is 0. The second kappa shape index (κ2) is 69.9. The molecule has 0 spiro atoms. The minimum Gasteiger partial charge on any atom is -0.306 e. The molecule has 11 heteroatoms. The Morgan fingerprint density at radius 2 is 0.351 bits per heavy atom. The van der Waals surface area contributed by atoms with Crippen molar-refractivity contribution in [2.75, 3.05) is 105 Å². The number of hydrogen-bond acceptors (Lipinski definition) is 11. The van der Waals surface area contributed by atoms with Crippen LogP contribution in [0.4, 0.5) is 0 Å². The molecule has 3 nitrogen and oxygen atoms in total. The van der Waals surface area contributed by atoms with Gasteiger partial charge in [-0.1, -0.05) is 345 Å². The topological polar surface area (TPSA) is 9.72 Å². The lowest BCUT2D eigenvalue weighted by atomic mass is 10.1. The molecule has 0 radical (unpaired) electrons. The fraction of sp³-hybridized carbons (Fsp3) is 1.00. The van der Waals surface area contributed by atoms with Crippen LogP contribution < -0.4 is 0 Å². The van der Waals surface area contributed by atoms with Gasteiger partial charge in [0.25, 0.3) is 0 Å². The number of rotatable bonds is 68. The van der Waals surface area contributed by atoms with Gasteiger partial charge >= 0.3 is 0 Å². The van der Waals surface area contributed by atoms with E-state index >= 15 is 0 Å². The zero-order valence-corrected chi connectivity index (χ0v) is 57.2. The summed E-state index contributed by atoms with van der Waals surface area (Å²) in [5.41, 5.74) is 0. The van der Waals surface area contributed by atoms with Gasteiger partial charge in [0, 0.05) is 72.2 Å². The Morgan fingerprint density at radius 1 is 0.176 bits per heavy atom. The Bertz CT molecular complexity index is 850. The molecule has 0 saturated heterocycles. The van der Waals surface area contributed by atoms with Crippen molar-refractivity contribution in [3.8, 4) is 0 Å². The van der Waals surface area contributed by atoms with E-state index in [1.807, 2.05) is 0 Å². The summed E-state index contributed by atoms with van der Waals surface area (Å²) in [6.07, 6.45) is 60.1. The Hall–Kier alpha value is 2.68. The first-order valence-electron chi connectivity index (χ1n) is 32.8. The summed E-state index contributed by atoms with van der Waals surface area (Å²) in [5.74, 6) is 10.4. The van der Waals surface area contributed by atoms with Crippen LogP contribution in [0.2, 0.25) is 0 Å². The smallest absolute Gasteiger partial charge is 0.0165 e. The van der Waals surface area contributed by atoms with Crippen molar-refractivity contribution >= 4 is 86.4 Å². The lowest BCUT2D eigenvalue weighted by Gasteiger charge is -2.25. The maximum Gasteiger partial charge on any atom is 0.0165 e. The van der Waals surface area contributed by atoms with Gasteiger partial charge in [0.05, 0.1) is 0 Å². The van der Waals surface area contributed by atoms with Gasteiger partial charge in [-0.05, 0) is 71.8 Å². The molecule has 0 heterocycles. The van der Waals surface area contributed by atoms with Gasteiger partial charge in [-0.2, -0.15) is 0 Å². The monoisotopic (exact) mass is 1190 g/mol. The minimum atomic E-state index is 1.23. The molecule has 0 aliphatic rings. The van der Waals surface area contributed by atoms with E-state index in [0.29, 0.717) is 0 Å². The van der Waals surface area contributed by atoms with Crippen LogP contribution in [-0.2, 0) is 0 Å². The van der Waals surface area contributed by atoms with E-state index in [4.69, 9.17) is 0 Å². The predicted molar refractivity (Wildman–Crippen MR) is 367 cm³/mol. The average molecular weight is 1190 g/mol. The van der Waals surface area contributed by atoms with Gasteiger partial charge in [-0.15, -0.1) is 0 Å². The van der Waals surface area contributed by atoms with Crippen LogP contribution in [-0.4, -0.2) is 120 Å². The van der Waals surface area contributed by atoms with Gasteiger partial charge in [-0.3, -0.25) is 0 Å². The van der Waals surface area contributed by atoms with Crippen LogP contribution in [0.5, 0.6) is 0 Å². The summed E-state index contributed by atoms with van der Waals surface area (Å²) in [7, 11) is 19.6. The lowest BCUT2D eigenvalue weighted by molar-refractivity contribution is 0.245. The van der Waals surface area contributed by atoms with Crippen molar-refractivity contribution in [2.24, 2.45) is 0 Å². The van der Waals surface area contributed by atoms with Crippen molar-refractivity contribution in [1.82, 2.24) is 14.7 Å². The molecule has 0 rings (SSSR count). The summed E-state index contributed by atoms with van der Waals surface area (Å²) >= 11 is 0. The molecule has 0 aromatic carbocycles. The van der Waals surface area contributed by atoms with Crippen LogP contribution >= 0.6 is 86.4 Å². The van der Waals surface area contributed by atoms with E-state index in [2.05, 4.69) is 136 Å². The van der Waals surface area contributed by atoms with Gasteiger partial charge in [0.2, 0.25) is 0 Å². The van der Waals surface area contributed by atoms with Crippen LogP contribution in [0, 0.1) is 0 Å². The molecule has 0 saturated carbocycles. The second-order valence-electron chi connectivity index (χ2n) is 22.0. The molecule has 0 bridgehead atoms. The van der Waals surface area contributed by atoms with Crippen molar-refractivity contribution in [1.29, 1.82) is 0 Å². The third-order valence-corrected chi connectivity index (χ3v) is 24.5. The number of unbranched alkanes of at least 4 members (excludes halogenated alkanes) is 36. The van der Waals surface area contributed by atoms with E-state index in [1.54, 1.807) is 0 Å². The average Bonchev–Trinajstić information content (AvgIpc) is 3.40. The SMILES string of the molecule is CCCCCCCCCCCCSSCCN(CCCN(C)CCCN(CCSSCCCCCCCCCCCC)CCSSCCCCCCCCCCCC)CCSSCCCCCCCCCCCC. The zero-order valence-electron chi connectivity index (χ0n) is 50.6. The van der Waals surface area contributed by atoms with Gasteiger partial charge < -0.3 is 14.7 Å². The van der Waals surface area contributed by atoms with Crippen LogP contribution in [0.15, 0.2) is 0 Å². The molecular formula is C63H131N3S8. The highest BCUT2D eigenvalue weighted by atomic mass is 33.1. The fourth-order valence-electron chi connectivity index (χ4n) is 9.64. The van der Waals surface area contributed by atoms with Gasteiger partial charge in [-0.25, -0.2) is 0 Å². The Morgan fingerprint density at radius 3 is 0.554 bits per heavy atom. The van der Waals surface area contributed by atoms with E-state index < -0.39 is 0 Å². The van der Waals surface area contributed by atoms with Crippen molar-refractivity contribution in [3.05, 3.63) is 0 Å². The first-order chi connectivity index (χ1) is 36.7. The second-order valence-corrected chi connectivity index (χ2v) is 32.8. The predicted octanol–water partition coefficient (Wildman–Crippen LogP) is 23.5. The van der Waals surface area contributed by atoms with E-state index in [0.717, 1.165) is 0 Å². The van der Waals surface area contributed by atoms with E-state index in [1.165, 1.54) is 368 Å². The minimum absolute atomic E-state index is 1.23. The summed E-state index contributed by atoms with van der Waals surface area (Å²) < 4.78 is 0. The summed E-state index contributed by atoms with van der Waals surface area (Å²) in [5, 5.41) is 0. The first-order valence-corrected chi connectivity index (χ1v) is 42.7. The fourth-order valence-corrected chi connectivity index (χ4v) is 18.3. The van der Waals surface area contributed by atoms with Crippen LogP contribution in [0.3, 0.4) is 0 Å². The van der Waals surface area contributed by atoms with E-state index in [-0.39, 0.29) is 0 Å². The molecule has 0 aliphatic carbocycles. The molecule has 0 atom stereocenters. The van der Waals surface area contributed by atoms with Crippen LogP contribution in [0.1, 0.15) is 297 Å². The van der Waals surface area contributed by atoms with E-state index in [9.17, 15) is 0 Å². The third-order valence-electron chi connectivity index (χ3n) is 14.6. The van der Waals surface area contributed by atoms with Gasteiger partial charge in [0.1, 0.15) is 0 Å². The lowest BCUT2D eigenvalue weighted by Crippen LogP contribution is -2.34. The summed E-state index contributed by atoms with van der Waals surface area (Å²) in [6.45, 7) is 19.3. The van der Waals surface area contributed by atoms with Crippen molar-refractivity contribution in [3.63, 3.8) is 0 Å². The summed E-state index contributed by atoms with van der Waals surface area (Å²) in [4.78, 5) is 8.28. The number of nitrogens with zero attached hydrogens (tertiary/aromatic N) is 3. The Labute approximate surface area is 499 Å². The number of hydrogen-bond donors (Lipinski definition) is 0. The normalized spacial score (nSPS) is 12.0. The molecule has 0 aromatic heterocycles. The zero-order chi connectivity index (χ0) is 53.4. The van der Waals surface area contributed by atoms with Crippen molar-refractivity contribution < 1.29 is 0 Å². The molecule has 0 unspecified atom stereocenters.